The van der Waals surface area contributed by atoms with Crippen LogP contribution in [0.3, 0.4) is 0 Å². The molecule has 1 fully saturated rings. The highest BCUT2D eigenvalue weighted by Crippen LogP contribution is 2.26. The Labute approximate surface area is 114 Å². The van der Waals surface area contributed by atoms with Crippen LogP contribution in [0.1, 0.15) is 12.8 Å². The van der Waals surface area contributed by atoms with Gasteiger partial charge < -0.3 is 10.6 Å². The lowest BCUT2D eigenvalue weighted by Crippen LogP contribution is -2.18. The standard InChI is InChI=1S/C12H14BrClN2O/c13-10-6-9(14)1-2-11(10)16-12(17)5-8-3-4-15-7-8/h1-2,6,8,15H,3-5,7H2,(H,16,17). The summed E-state index contributed by atoms with van der Waals surface area (Å²) in [5, 5.41) is 6.79. The topological polar surface area (TPSA) is 41.1 Å². The summed E-state index contributed by atoms with van der Waals surface area (Å²) in [4.78, 5) is 11.8. The highest BCUT2D eigenvalue weighted by molar-refractivity contribution is 9.10. The van der Waals surface area contributed by atoms with E-state index in [2.05, 4.69) is 26.6 Å². The summed E-state index contributed by atoms with van der Waals surface area (Å²) in [5.41, 5.74) is 0.769. The molecule has 2 N–H and O–H groups in total. The highest BCUT2D eigenvalue weighted by Gasteiger charge is 2.18. The number of amides is 1. The van der Waals surface area contributed by atoms with Crippen LogP contribution in [-0.2, 0) is 4.79 Å². The maximum Gasteiger partial charge on any atom is 0.224 e. The molecule has 0 aromatic heterocycles. The molecule has 17 heavy (non-hydrogen) atoms. The third kappa shape index (κ3) is 3.69. The first-order chi connectivity index (χ1) is 8.15. The summed E-state index contributed by atoms with van der Waals surface area (Å²) in [7, 11) is 0. The zero-order valence-electron chi connectivity index (χ0n) is 9.30. The van der Waals surface area contributed by atoms with E-state index < -0.39 is 0 Å². The molecule has 1 aromatic carbocycles. The molecule has 1 unspecified atom stereocenters. The second-order valence-corrected chi connectivity index (χ2v) is 5.53. The molecule has 1 aliphatic rings. The summed E-state index contributed by atoms with van der Waals surface area (Å²) in [6.07, 6.45) is 1.65. The molecule has 1 aromatic rings. The molecule has 92 valence electrons. The molecule has 3 nitrogen and oxygen atoms in total. The van der Waals surface area contributed by atoms with Gasteiger partial charge >= 0.3 is 0 Å². The molecule has 1 heterocycles. The van der Waals surface area contributed by atoms with E-state index in [4.69, 9.17) is 11.6 Å². The van der Waals surface area contributed by atoms with Crippen molar-refractivity contribution in [3.8, 4) is 0 Å². The molecule has 5 heteroatoms. The lowest BCUT2D eigenvalue weighted by molar-refractivity contribution is -0.116. The van der Waals surface area contributed by atoms with Gasteiger partial charge in [-0.3, -0.25) is 4.79 Å². The third-order valence-corrected chi connectivity index (χ3v) is 3.73. The third-order valence-electron chi connectivity index (χ3n) is 2.84. The fraction of sp³-hybridized carbons (Fsp3) is 0.417. The van der Waals surface area contributed by atoms with Gasteiger partial charge in [0.2, 0.25) is 5.91 Å². The number of carbonyl (C=O) groups is 1. The van der Waals surface area contributed by atoms with Gasteiger partial charge in [-0.1, -0.05) is 11.6 Å². The van der Waals surface area contributed by atoms with Crippen molar-refractivity contribution >= 4 is 39.1 Å². The van der Waals surface area contributed by atoms with Gasteiger partial charge in [-0.25, -0.2) is 0 Å². The Bertz CT molecular complexity index is 419. The van der Waals surface area contributed by atoms with Crippen molar-refractivity contribution in [1.29, 1.82) is 0 Å². The van der Waals surface area contributed by atoms with Crippen molar-refractivity contribution in [2.24, 2.45) is 5.92 Å². The Kier molecular flexibility index (Phi) is 4.42. The molecule has 0 saturated carbocycles. The van der Waals surface area contributed by atoms with Crippen LogP contribution in [0.5, 0.6) is 0 Å². The predicted octanol–water partition coefficient (Wildman–Crippen LogP) is 3.04. The molecular formula is C12H14BrClN2O. The van der Waals surface area contributed by atoms with Crippen molar-refractivity contribution in [2.75, 3.05) is 18.4 Å². The number of anilines is 1. The second kappa shape index (κ2) is 5.85. The van der Waals surface area contributed by atoms with E-state index in [0.29, 0.717) is 17.4 Å². The van der Waals surface area contributed by atoms with Crippen LogP contribution in [0.2, 0.25) is 5.02 Å². The summed E-state index contributed by atoms with van der Waals surface area (Å²) in [6, 6.07) is 5.34. The van der Waals surface area contributed by atoms with Gasteiger partial charge in [0.25, 0.3) is 0 Å². The van der Waals surface area contributed by atoms with E-state index in [0.717, 1.165) is 29.7 Å². The zero-order chi connectivity index (χ0) is 12.3. The number of nitrogens with one attached hydrogen (secondary N) is 2. The summed E-state index contributed by atoms with van der Waals surface area (Å²) >= 11 is 9.22. The maximum absolute atomic E-state index is 11.8. The lowest BCUT2D eigenvalue weighted by atomic mass is 10.0. The summed E-state index contributed by atoms with van der Waals surface area (Å²) < 4.78 is 0.808. The number of hydrogen-bond acceptors (Lipinski definition) is 2. The Morgan fingerprint density at radius 2 is 2.41 bits per heavy atom. The Hall–Kier alpha value is -0.580. The maximum atomic E-state index is 11.8. The fourth-order valence-electron chi connectivity index (χ4n) is 1.94. The molecule has 2 rings (SSSR count). The molecular weight excluding hydrogens is 304 g/mol. The smallest absolute Gasteiger partial charge is 0.224 e. The van der Waals surface area contributed by atoms with Crippen LogP contribution in [0.15, 0.2) is 22.7 Å². The number of rotatable bonds is 3. The molecule has 0 spiro atoms. The monoisotopic (exact) mass is 316 g/mol. The van der Waals surface area contributed by atoms with Gasteiger partial charge in [0.1, 0.15) is 0 Å². The lowest BCUT2D eigenvalue weighted by Gasteiger charge is -2.10. The molecule has 1 saturated heterocycles. The minimum absolute atomic E-state index is 0.0572. The van der Waals surface area contributed by atoms with E-state index in [1.165, 1.54) is 0 Å². The quantitative estimate of drug-likeness (QED) is 0.899. The first-order valence-corrected chi connectivity index (χ1v) is 6.78. The Balaban J connectivity index is 1.93. The number of halogens is 2. The SMILES string of the molecule is O=C(CC1CCNC1)Nc1ccc(Cl)cc1Br. The largest absolute Gasteiger partial charge is 0.325 e. The van der Waals surface area contributed by atoms with Gasteiger partial charge in [-0.15, -0.1) is 0 Å². The van der Waals surface area contributed by atoms with E-state index in [1.54, 1.807) is 18.2 Å². The van der Waals surface area contributed by atoms with Crippen LogP contribution >= 0.6 is 27.5 Å². The van der Waals surface area contributed by atoms with Crippen molar-refractivity contribution < 1.29 is 4.79 Å². The Morgan fingerprint density at radius 1 is 1.59 bits per heavy atom. The van der Waals surface area contributed by atoms with Crippen LogP contribution < -0.4 is 10.6 Å². The number of hydrogen-bond donors (Lipinski definition) is 2. The molecule has 1 atom stereocenters. The van der Waals surface area contributed by atoms with Crippen LogP contribution in [0.4, 0.5) is 5.69 Å². The van der Waals surface area contributed by atoms with Crippen LogP contribution in [0, 0.1) is 5.92 Å². The van der Waals surface area contributed by atoms with Gasteiger partial charge in [-0.2, -0.15) is 0 Å². The van der Waals surface area contributed by atoms with Crippen molar-refractivity contribution in [1.82, 2.24) is 5.32 Å². The molecule has 1 aliphatic heterocycles. The van der Waals surface area contributed by atoms with E-state index in [9.17, 15) is 4.79 Å². The van der Waals surface area contributed by atoms with E-state index >= 15 is 0 Å². The van der Waals surface area contributed by atoms with E-state index in [-0.39, 0.29) is 5.91 Å². The van der Waals surface area contributed by atoms with Gasteiger partial charge in [0.15, 0.2) is 0 Å². The highest BCUT2D eigenvalue weighted by atomic mass is 79.9. The van der Waals surface area contributed by atoms with Crippen molar-refractivity contribution in [2.45, 2.75) is 12.8 Å². The molecule has 0 aliphatic carbocycles. The average Bonchev–Trinajstić information content (AvgIpc) is 2.75. The Morgan fingerprint density at radius 3 is 3.06 bits per heavy atom. The van der Waals surface area contributed by atoms with Gasteiger partial charge in [0.05, 0.1) is 5.69 Å². The predicted molar refractivity (Wildman–Crippen MR) is 73.4 cm³/mol. The van der Waals surface area contributed by atoms with Crippen molar-refractivity contribution in [3.63, 3.8) is 0 Å². The first kappa shape index (κ1) is 12.9. The first-order valence-electron chi connectivity index (χ1n) is 5.61. The average molecular weight is 318 g/mol. The molecule has 0 radical (unpaired) electrons. The normalized spacial score (nSPS) is 19.3. The number of carbonyl (C=O) groups excluding carboxylic acids is 1. The molecule has 1 amide bonds. The minimum atomic E-state index is 0.0572. The van der Waals surface area contributed by atoms with Crippen LogP contribution in [-0.4, -0.2) is 19.0 Å². The van der Waals surface area contributed by atoms with Crippen molar-refractivity contribution in [3.05, 3.63) is 27.7 Å². The summed E-state index contributed by atoms with van der Waals surface area (Å²) in [6.45, 7) is 1.96. The van der Waals surface area contributed by atoms with Gasteiger partial charge in [0, 0.05) is 15.9 Å². The minimum Gasteiger partial charge on any atom is -0.325 e. The van der Waals surface area contributed by atoms with Crippen LogP contribution in [0.25, 0.3) is 0 Å². The molecule has 0 bridgehead atoms. The summed E-state index contributed by atoms with van der Waals surface area (Å²) in [5.74, 6) is 0.516. The second-order valence-electron chi connectivity index (χ2n) is 4.24. The fourth-order valence-corrected chi connectivity index (χ4v) is 2.72. The number of benzene rings is 1. The van der Waals surface area contributed by atoms with Gasteiger partial charge in [-0.05, 0) is 59.6 Å². The zero-order valence-corrected chi connectivity index (χ0v) is 11.6. The van der Waals surface area contributed by atoms with E-state index in [1.807, 2.05) is 0 Å².